The molecule has 6 heteroatoms. The van der Waals surface area contributed by atoms with E-state index in [1.807, 2.05) is 0 Å². The van der Waals surface area contributed by atoms with Gasteiger partial charge < -0.3 is 19.5 Å². The Balaban J connectivity index is 2.92. The Morgan fingerprint density at radius 2 is 1.90 bits per heavy atom. The Hall–Kier alpha value is -2.68. The van der Waals surface area contributed by atoms with Crippen LogP contribution in [0.15, 0.2) is 30.0 Å². The number of hydrogen-bond acceptors (Lipinski definition) is 6. The molecule has 0 unspecified atom stereocenters. The predicted octanol–water partition coefficient (Wildman–Crippen LogP) is 2.09. The third kappa shape index (κ3) is 4.21. The van der Waals surface area contributed by atoms with E-state index in [-0.39, 0.29) is 12.2 Å². The maximum absolute atomic E-state index is 11.4. The van der Waals surface area contributed by atoms with Gasteiger partial charge in [-0.25, -0.2) is 4.79 Å². The van der Waals surface area contributed by atoms with Gasteiger partial charge in [0.1, 0.15) is 17.6 Å². The Bertz CT molecular complexity index is 524. The fourth-order valence-electron chi connectivity index (χ4n) is 1.39. The number of methoxy groups -OCH3 is 2. The van der Waals surface area contributed by atoms with Gasteiger partial charge >= 0.3 is 5.97 Å². The first-order valence-corrected chi connectivity index (χ1v) is 5.91. The molecule has 0 aliphatic heterocycles. The molecule has 0 bridgehead atoms. The molecule has 0 heterocycles. The summed E-state index contributed by atoms with van der Waals surface area (Å²) in [4.78, 5) is 11.4. The Morgan fingerprint density at radius 3 is 2.35 bits per heavy atom. The van der Waals surface area contributed by atoms with Crippen molar-refractivity contribution < 1.29 is 19.0 Å². The molecule has 0 atom stereocenters. The lowest BCUT2D eigenvalue weighted by atomic mass is 10.2. The molecule has 0 aliphatic rings. The summed E-state index contributed by atoms with van der Waals surface area (Å²) in [7, 11) is 3.07. The fraction of sp³-hybridized carbons (Fsp3) is 0.286. The summed E-state index contributed by atoms with van der Waals surface area (Å²) in [6.07, 6.45) is 1.28. The van der Waals surface area contributed by atoms with E-state index in [9.17, 15) is 4.79 Å². The molecule has 1 N–H and O–H groups in total. The van der Waals surface area contributed by atoms with E-state index < -0.39 is 5.97 Å². The van der Waals surface area contributed by atoms with Gasteiger partial charge in [0.2, 0.25) is 0 Å². The molecule has 1 rings (SSSR count). The van der Waals surface area contributed by atoms with Gasteiger partial charge in [-0.15, -0.1) is 0 Å². The molecule has 1 aromatic rings. The zero-order valence-corrected chi connectivity index (χ0v) is 11.6. The molecular formula is C14H16N2O4. The van der Waals surface area contributed by atoms with Crippen molar-refractivity contribution in [2.45, 2.75) is 6.92 Å². The van der Waals surface area contributed by atoms with Crippen molar-refractivity contribution in [3.63, 3.8) is 0 Å². The van der Waals surface area contributed by atoms with Crippen LogP contribution in [0.3, 0.4) is 0 Å². The number of benzene rings is 1. The van der Waals surface area contributed by atoms with Gasteiger partial charge in [-0.05, 0) is 6.92 Å². The monoisotopic (exact) mass is 276 g/mol. The van der Waals surface area contributed by atoms with E-state index in [0.29, 0.717) is 17.2 Å². The van der Waals surface area contributed by atoms with E-state index in [2.05, 4.69) is 5.32 Å². The number of anilines is 1. The zero-order chi connectivity index (χ0) is 15.0. The highest BCUT2D eigenvalue weighted by atomic mass is 16.5. The second-order valence-corrected chi connectivity index (χ2v) is 3.64. The summed E-state index contributed by atoms with van der Waals surface area (Å²) in [5.41, 5.74) is 0.506. The molecule has 0 aromatic heterocycles. The molecule has 0 saturated carbocycles. The van der Waals surface area contributed by atoms with Crippen molar-refractivity contribution in [3.8, 4) is 17.6 Å². The highest BCUT2D eigenvalue weighted by Crippen LogP contribution is 2.25. The Kier molecular flexibility index (Phi) is 5.91. The minimum absolute atomic E-state index is 0.117. The summed E-state index contributed by atoms with van der Waals surface area (Å²) in [6, 6.07) is 6.90. The van der Waals surface area contributed by atoms with Crippen LogP contribution in [0.4, 0.5) is 5.69 Å². The van der Waals surface area contributed by atoms with Gasteiger partial charge in [0.05, 0.1) is 20.8 Å². The highest BCUT2D eigenvalue weighted by Gasteiger charge is 2.09. The molecule has 1 aromatic carbocycles. The lowest BCUT2D eigenvalue weighted by molar-refractivity contribution is -0.138. The van der Waals surface area contributed by atoms with Crippen LogP contribution < -0.4 is 14.8 Å². The van der Waals surface area contributed by atoms with E-state index in [1.165, 1.54) is 20.4 Å². The number of carbonyl (C=O) groups excluding carboxylic acids is 1. The summed E-state index contributed by atoms with van der Waals surface area (Å²) in [5.74, 6) is 0.516. The van der Waals surface area contributed by atoms with Gasteiger partial charge in [-0.1, -0.05) is 0 Å². The molecule has 0 amide bonds. The molecule has 0 fully saturated rings. The zero-order valence-electron chi connectivity index (χ0n) is 11.6. The first kappa shape index (κ1) is 15.4. The van der Waals surface area contributed by atoms with Gasteiger partial charge in [-0.2, -0.15) is 5.26 Å². The first-order chi connectivity index (χ1) is 9.64. The van der Waals surface area contributed by atoms with Crippen molar-refractivity contribution in [1.29, 1.82) is 5.26 Å². The minimum Gasteiger partial charge on any atom is -0.497 e. The van der Waals surface area contributed by atoms with Crippen LogP contribution in [0, 0.1) is 11.3 Å². The molecule has 0 spiro atoms. The smallest absolute Gasteiger partial charge is 0.350 e. The molecule has 0 radical (unpaired) electrons. The molecule has 20 heavy (non-hydrogen) atoms. The van der Waals surface area contributed by atoms with E-state index in [0.717, 1.165) is 0 Å². The molecule has 106 valence electrons. The molecule has 6 nitrogen and oxygen atoms in total. The minimum atomic E-state index is -0.669. The first-order valence-electron chi connectivity index (χ1n) is 5.91. The van der Waals surface area contributed by atoms with E-state index in [4.69, 9.17) is 19.5 Å². The average Bonchev–Trinajstić information content (AvgIpc) is 2.47. The van der Waals surface area contributed by atoms with Crippen LogP contribution in [0.2, 0.25) is 0 Å². The van der Waals surface area contributed by atoms with Crippen molar-refractivity contribution in [2.24, 2.45) is 0 Å². The average molecular weight is 276 g/mol. The van der Waals surface area contributed by atoms with Crippen molar-refractivity contribution in [2.75, 3.05) is 26.1 Å². The van der Waals surface area contributed by atoms with Crippen molar-refractivity contribution in [3.05, 3.63) is 30.0 Å². The number of ether oxygens (including phenoxy) is 3. The third-order valence-electron chi connectivity index (χ3n) is 2.35. The van der Waals surface area contributed by atoms with E-state index in [1.54, 1.807) is 31.2 Å². The van der Waals surface area contributed by atoms with Crippen LogP contribution in [0.25, 0.3) is 0 Å². The number of nitrogens with one attached hydrogen (secondary N) is 1. The van der Waals surface area contributed by atoms with Gasteiger partial charge in [-0.3, -0.25) is 0 Å². The maximum Gasteiger partial charge on any atom is 0.350 e. The fourth-order valence-corrected chi connectivity index (χ4v) is 1.39. The normalized spacial score (nSPS) is 10.4. The van der Waals surface area contributed by atoms with Crippen LogP contribution >= 0.6 is 0 Å². The van der Waals surface area contributed by atoms with Gasteiger partial charge in [0.25, 0.3) is 0 Å². The number of nitriles is 1. The van der Waals surface area contributed by atoms with Crippen LogP contribution in [-0.2, 0) is 9.53 Å². The quantitative estimate of drug-likeness (QED) is 0.487. The topological polar surface area (TPSA) is 80.6 Å². The van der Waals surface area contributed by atoms with Crippen LogP contribution in [0.1, 0.15) is 6.92 Å². The van der Waals surface area contributed by atoms with Crippen LogP contribution in [-0.4, -0.2) is 26.8 Å². The standard InChI is InChI=1S/C14H16N2O4/c1-4-20-14(17)10(8-15)9-16-11-5-12(18-2)7-13(6-11)19-3/h5-7,9,16H,4H2,1-3H3/b10-9-. The van der Waals surface area contributed by atoms with Crippen molar-refractivity contribution in [1.82, 2.24) is 0 Å². The van der Waals surface area contributed by atoms with Gasteiger partial charge in [0, 0.05) is 30.1 Å². The Morgan fingerprint density at radius 1 is 1.30 bits per heavy atom. The molecule has 0 aliphatic carbocycles. The number of rotatable bonds is 6. The SMILES string of the molecule is CCOC(=O)/C(C#N)=C\Nc1cc(OC)cc(OC)c1. The molecule has 0 saturated heterocycles. The number of nitrogens with zero attached hydrogens (tertiary/aromatic N) is 1. The predicted molar refractivity (Wildman–Crippen MR) is 73.5 cm³/mol. The summed E-state index contributed by atoms with van der Waals surface area (Å²) < 4.78 is 15.0. The summed E-state index contributed by atoms with van der Waals surface area (Å²) in [5, 5.41) is 11.7. The largest absolute Gasteiger partial charge is 0.497 e. The number of carbonyl (C=O) groups is 1. The second kappa shape index (κ2) is 7.69. The number of esters is 1. The summed E-state index contributed by atoms with van der Waals surface area (Å²) in [6.45, 7) is 1.89. The van der Waals surface area contributed by atoms with E-state index >= 15 is 0 Å². The summed E-state index contributed by atoms with van der Waals surface area (Å²) >= 11 is 0. The third-order valence-corrected chi connectivity index (χ3v) is 2.35. The lowest BCUT2D eigenvalue weighted by Crippen LogP contribution is -2.07. The number of hydrogen-bond donors (Lipinski definition) is 1. The molecular weight excluding hydrogens is 260 g/mol. The highest BCUT2D eigenvalue weighted by molar-refractivity contribution is 5.93. The van der Waals surface area contributed by atoms with Crippen LogP contribution in [0.5, 0.6) is 11.5 Å². The maximum atomic E-state index is 11.4. The van der Waals surface area contributed by atoms with Crippen molar-refractivity contribution >= 4 is 11.7 Å². The lowest BCUT2D eigenvalue weighted by Gasteiger charge is -2.08. The second-order valence-electron chi connectivity index (χ2n) is 3.64. The Labute approximate surface area is 117 Å². The van der Waals surface area contributed by atoms with Gasteiger partial charge in [0.15, 0.2) is 5.57 Å².